The molecule has 258 valence electrons. The molecule has 0 radical (unpaired) electrons. The van der Waals surface area contributed by atoms with E-state index < -0.39 is 51.7 Å². The topological polar surface area (TPSA) is 186 Å². The maximum absolute atomic E-state index is 13.8. The van der Waals surface area contributed by atoms with Gasteiger partial charge in [0.15, 0.2) is 0 Å². The smallest absolute Gasteiger partial charge is 0.445 e. The fourth-order valence-corrected chi connectivity index (χ4v) is 6.82. The Morgan fingerprint density at radius 1 is 1.04 bits per heavy atom. The second-order valence-electron chi connectivity index (χ2n) is 11.9. The van der Waals surface area contributed by atoms with Crippen molar-refractivity contribution in [1.82, 2.24) is 16.0 Å². The van der Waals surface area contributed by atoms with Crippen LogP contribution in [0.25, 0.3) is 0 Å². The maximum atomic E-state index is 13.8. The van der Waals surface area contributed by atoms with Crippen molar-refractivity contribution in [2.24, 2.45) is 11.8 Å². The van der Waals surface area contributed by atoms with Gasteiger partial charge in [-0.25, -0.2) is 9.59 Å². The quantitative estimate of drug-likeness (QED) is 0.100. The number of carbonyl (C=O) groups excluding carboxylic acids is 4. The highest BCUT2D eigenvalue weighted by Gasteiger charge is 2.42. The first kappa shape index (κ1) is 37.4. The molecule has 13 nitrogen and oxygen atoms in total. The number of carbonyl (C=O) groups is 4. The molecule has 1 aliphatic heterocycles. The van der Waals surface area contributed by atoms with Gasteiger partial charge < -0.3 is 30.2 Å². The molecule has 2 unspecified atom stereocenters. The fourth-order valence-electron chi connectivity index (χ4n) is 5.81. The lowest BCUT2D eigenvalue weighted by Crippen LogP contribution is -2.56. The van der Waals surface area contributed by atoms with Gasteiger partial charge in [-0.2, -0.15) is 8.42 Å². The number of alkyl carbamates (subject to hydrolysis) is 1. The number of halogens is 1. The fraction of sp³-hybridized carbons (Fsp3) is 0.677. The molecule has 46 heavy (non-hydrogen) atoms. The summed E-state index contributed by atoms with van der Waals surface area (Å²) >= 11 is 6.01. The summed E-state index contributed by atoms with van der Waals surface area (Å²) in [4.78, 5) is 51.5. The Labute approximate surface area is 275 Å². The molecular weight excluding hydrogens is 642 g/mol. The Morgan fingerprint density at radius 2 is 1.80 bits per heavy atom. The zero-order valence-corrected chi connectivity index (χ0v) is 27.8. The lowest BCUT2D eigenvalue weighted by molar-refractivity contribution is -0.126. The van der Waals surface area contributed by atoms with Gasteiger partial charge in [0.2, 0.25) is 17.3 Å². The van der Waals surface area contributed by atoms with Gasteiger partial charge in [0.25, 0.3) is 0 Å². The summed E-state index contributed by atoms with van der Waals surface area (Å²) in [5, 5.41) is 8.26. The molecule has 4 N–H and O–H groups in total. The minimum atomic E-state index is -5.11. The van der Waals surface area contributed by atoms with Crippen LogP contribution in [-0.2, 0) is 40.5 Å². The second-order valence-corrected chi connectivity index (χ2v) is 13.9. The summed E-state index contributed by atoms with van der Waals surface area (Å²) in [7, 11) is -5.11. The van der Waals surface area contributed by atoms with E-state index in [1.54, 1.807) is 24.3 Å². The molecule has 3 amide bonds. The summed E-state index contributed by atoms with van der Waals surface area (Å²) < 4.78 is 50.6. The Balaban J connectivity index is 1.78. The van der Waals surface area contributed by atoms with Crippen molar-refractivity contribution in [2.75, 3.05) is 13.2 Å². The Kier molecular flexibility index (Phi) is 15.3. The van der Waals surface area contributed by atoms with E-state index in [9.17, 15) is 32.1 Å². The predicted octanol–water partition coefficient (Wildman–Crippen LogP) is 4.86. The molecule has 1 saturated carbocycles. The third-order valence-electron chi connectivity index (χ3n) is 8.24. The van der Waals surface area contributed by atoms with Gasteiger partial charge in [0, 0.05) is 17.5 Å². The number of unbranched alkanes of at least 4 members (excludes halogenated alkanes) is 3. The van der Waals surface area contributed by atoms with E-state index in [1.165, 1.54) is 0 Å². The standard InChI is InChI=1S/C31H46ClN3O10S/c1-2-3-4-8-16-43-31(39)45-29(46(40,41)42)26(19-23-14-15-33-27(23)36)34-28(37)25(18-21-10-6-5-7-11-21)35-30(38)44-20-22-12-9-13-24(32)17-22/h9,12-13,17,21,23,25-26,29H,2-8,10-11,14-16,18-20H2,1H3,(H,33,36)(H,34,37)(H,35,38)(H,40,41,42)/t23?,25-,26-,29?/m0/s1. The lowest BCUT2D eigenvalue weighted by Gasteiger charge is -2.30. The Morgan fingerprint density at radius 3 is 2.46 bits per heavy atom. The average molecular weight is 688 g/mol. The molecular formula is C31H46ClN3O10S. The first-order valence-corrected chi connectivity index (χ1v) is 17.9. The number of rotatable bonds is 17. The largest absolute Gasteiger partial charge is 0.509 e. The minimum absolute atomic E-state index is 0.0240. The number of nitrogens with one attached hydrogen (secondary N) is 3. The second kappa shape index (κ2) is 18.9. The van der Waals surface area contributed by atoms with Gasteiger partial charge >= 0.3 is 22.4 Å². The Hall–Kier alpha value is -3.10. The molecule has 1 heterocycles. The SMILES string of the molecule is CCCCCCOC(=O)OC([C@H](CC1CCNC1=O)NC(=O)[C@H](CC1CCCCC1)NC(=O)OCc1cccc(Cl)c1)S(=O)(=O)O. The van der Waals surface area contributed by atoms with E-state index in [1.807, 2.05) is 6.92 Å². The number of hydrogen-bond donors (Lipinski definition) is 4. The monoisotopic (exact) mass is 687 g/mol. The third kappa shape index (κ3) is 13.0. The van der Waals surface area contributed by atoms with Crippen molar-refractivity contribution >= 4 is 45.8 Å². The molecule has 1 aliphatic carbocycles. The van der Waals surface area contributed by atoms with E-state index in [2.05, 4.69) is 16.0 Å². The molecule has 0 aromatic heterocycles. The normalized spacial score (nSPS) is 18.9. The van der Waals surface area contributed by atoms with E-state index in [4.69, 9.17) is 25.8 Å². The zero-order chi connectivity index (χ0) is 33.5. The van der Waals surface area contributed by atoms with Crippen LogP contribution in [0.1, 0.15) is 89.5 Å². The molecule has 4 atom stereocenters. The first-order chi connectivity index (χ1) is 22.0. The lowest BCUT2D eigenvalue weighted by atomic mass is 9.84. The average Bonchev–Trinajstić information content (AvgIpc) is 3.41. The zero-order valence-electron chi connectivity index (χ0n) is 26.2. The van der Waals surface area contributed by atoms with Crippen LogP contribution in [0.2, 0.25) is 5.02 Å². The van der Waals surface area contributed by atoms with Crippen molar-refractivity contribution in [2.45, 2.75) is 108 Å². The molecule has 15 heteroatoms. The van der Waals surface area contributed by atoms with E-state index in [0.717, 1.165) is 51.4 Å². The van der Waals surface area contributed by atoms with Gasteiger partial charge in [0.1, 0.15) is 12.6 Å². The summed E-state index contributed by atoms with van der Waals surface area (Å²) in [6.45, 7) is 2.22. The Bertz CT molecular complexity index is 1270. The highest BCUT2D eigenvalue weighted by atomic mass is 35.5. The van der Waals surface area contributed by atoms with Crippen molar-refractivity contribution in [3.63, 3.8) is 0 Å². The first-order valence-electron chi connectivity index (χ1n) is 16.0. The van der Waals surface area contributed by atoms with Gasteiger partial charge in [-0.05, 0) is 49.3 Å². The van der Waals surface area contributed by atoms with Crippen LogP contribution in [-0.4, -0.2) is 67.7 Å². The summed E-state index contributed by atoms with van der Waals surface area (Å²) in [5.41, 5.74) is -1.63. The van der Waals surface area contributed by atoms with E-state index in [-0.39, 0.29) is 37.9 Å². The summed E-state index contributed by atoms with van der Waals surface area (Å²) in [6.07, 6.45) is 6.00. The van der Waals surface area contributed by atoms with Crippen LogP contribution in [0.5, 0.6) is 0 Å². The molecule has 0 bridgehead atoms. The van der Waals surface area contributed by atoms with Crippen LogP contribution in [0.15, 0.2) is 24.3 Å². The number of ether oxygens (including phenoxy) is 3. The van der Waals surface area contributed by atoms with E-state index >= 15 is 0 Å². The van der Waals surface area contributed by atoms with Crippen LogP contribution in [0, 0.1) is 11.8 Å². The van der Waals surface area contributed by atoms with Gasteiger partial charge in [0.05, 0.1) is 12.6 Å². The van der Waals surface area contributed by atoms with Crippen LogP contribution >= 0.6 is 11.6 Å². The number of benzene rings is 1. The maximum Gasteiger partial charge on any atom is 0.509 e. The molecule has 3 rings (SSSR count). The molecule has 1 aromatic rings. The van der Waals surface area contributed by atoms with Crippen molar-refractivity contribution in [3.05, 3.63) is 34.9 Å². The molecule has 2 aliphatic rings. The van der Waals surface area contributed by atoms with Crippen LogP contribution < -0.4 is 16.0 Å². The van der Waals surface area contributed by atoms with Crippen molar-refractivity contribution < 1.29 is 46.4 Å². The predicted molar refractivity (Wildman–Crippen MR) is 169 cm³/mol. The molecule has 2 fully saturated rings. The molecule has 1 saturated heterocycles. The molecule has 0 spiro atoms. The van der Waals surface area contributed by atoms with Crippen LogP contribution in [0.4, 0.5) is 9.59 Å². The summed E-state index contributed by atoms with van der Waals surface area (Å²) in [6, 6.07) is 4.05. The molecule has 1 aromatic carbocycles. The number of hydrogen-bond acceptors (Lipinski definition) is 9. The van der Waals surface area contributed by atoms with Gasteiger partial charge in [-0.1, -0.05) is 82.0 Å². The summed E-state index contributed by atoms with van der Waals surface area (Å²) in [5.74, 6) is -1.77. The third-order valence-corrected chi connectivity index (χ3v) is 9.49. The highest BCUT2D eigenvalue weighted by molar-refractivity contribution is 7.86. The van der Waals surface area contributed by atoms with Gasteiger partial charge in [-0.3, -0.25) is 14.1 Å². The van der Waals surface area contributed by atoms with E-state index in [0.29, 0.717) is 30.0 Å². The van der Waals surface area contributed by atoms with Crippen molar-refractivity contribution in [1.29, 1.82) is 0 Å². The highest BCUT2D eigenvalue weighted by Crippen LogP contribution is 2.28. The minimum Gasteiger partial charge on any atom is -0.445 e. The van der Waals surface area contributed by atoms with Gasteiger partial charge in [-0.15, -0.1) is 0 Å². The number of amides is 3. The van der Waals surface area contributed by atoms with Crippen LogP contribution in [0.3, 0.4) is 0 Å². The van der Waals surface area contributed by atoms with Crippen molar-refractivity contribution in [3.8, 4) is 0 Å².